The third-order valence-electron chi connectivity index (χ3n) is 2.87. The fourth-order valence-electron chi connectivity index (χ4n) is 1.80. The molecule has 1 N–H and O–H groups in total. The number of nitrogens with zero attached hydrogens (tertiary/aromatic N) is 3. The summed E-state index contributed by atoms with van der Waals surface area (Å²) in [6, 6.07) is 4.19. The zero-order valence-electron chi connectivity index (χ0n) is 12.2. The van der Waals surface area contributed by atoms with Crippen LogP contribution < -0.4 is 10.1 Å². The molecule has 20 heavy (non-hydrogen) atoms. The van der Waals surface area contributed by atoms with E-state index >= 15 is 0 Å². The maximum Gasteiger partial charge on any atom is 0.321 e. The minimum absolute atomic E-state index is 0.352. The molecule has 0 atom stereocenters. The average molecular weight is 272 g/mol. The lowest BCUT2D eigenvalue weighted by molar-refractivity contribution is 0.433. The molecule has 2 aromatic heterocycles. The highest BCUT2D eigenvalue weighted by atomic mass is 16.5. The Morgan fingerprint density at radius 3 is 2.55 bits per heavy atom. The summed E-state index contributed by atoms with van der Waals surface area (Å²) in [5, 5.41) is 3.23. The molecule has 0 radical (unpaired) electrons. The Kier molecular flexibility index (Phi) is 5.01. The van der Waals surface area contributed by atoms with Crippen LogP contribution >= 0.6 is 0 Å². The van der Waals surface area contributed by atoms with Crippen LogP contribution in [0.3, 0.4) is 0 Å². The van der Waals surface area contributed by atoms with Crippen molar-refractivity contribution in [2.24, 2.45) is 0 Å². The second kappa shape index (κ2) is 6.96. The minimum Gasteiger partial charge on any atom is -0.422 e. The van der Waals surface area contributed by atoms with Gasteiger partial charge in [-0.1, -0.05) is 13.8 Å². The van der Waals surface area contributed by atoms with Crippen molar-refractivity contribution in [3.8, 4) is 11.8 Å². The van der Waals surface area contributed by atoms with Gasteiger partial charge < -0.3 is 10.1 Å². The first-order valence-corrected chi connectivity index (χ1v) is 6.89. The number of pyridine rings is 1. The van der Waals surface area contributed by atoms with E-state index in [0.29, 0.717) is 6.01 Å². The summed E-state index contributed by atoms with van der Waals surface area (Å²) in [6.07, 6.45) is 4.37. The predicted molar refractivity (Wildman–Crippen MR) is 77.8 cm³/mol. The maximum atomic E-state index is 5.71. The Hall–Kier alpha value is -2.01. The number of aromatic nitrogens is 3. The first-order valence-electron chi connectivity index (χ1n) is 6.89. The van der Waals surface area contributed by atoms with Crippen molar-refractivity contribution in [3.63, 3.8) is 0 Å². The molecule has 2 rings (SSSR count). The molecule has 0 aliphatic heterocycles. The highest BCUT2D eigenvalue weighted by Gasteiger charge is 2.07. The van der Waals surface area contributed by atoms with Crippen molar-refractivity contribution < 1.29 is 4.74 Å². The van der Waals surface area contributed by atoms with Gasteiger partial charge in [-0.05, 0) is 32.0 Å². The first-order chi connectivity index (χ1) is 9.72. The smallest absolute Gasteiger partial charge is 0.321 e. The van der Waals surface area contributed by atoms with Gasteiger partial charge in [-0.3, -0.25) is 4.98 Å². The monoisotopic (exact) mass is 272 g/mol. The summed E-state index contributed by atoms with van der Waals surface area (Å²) in [5.74, 6) is 0.720. The summed E-state index contributed by atoms with van der Waals surface area (Å²) < 4.78 is 5.71. The van der Waals surface area contributed by atoms with E-state index in [4.69, 9.17) is 4.74 Å². The Labute approximate surface area is 119 Å². The van der Waals surface area contributed by atoms with Crippen molar-refractivity contribution >= 4 is 0 Å². The van der Waals surface area contributed by atoms with Gasteiger partial charge in [0.25, 0.3) is 0 Å². The van der Waals surface area contributed by atoms with E-state index in [1.165, 1.54) is 0 Å². The normalized spacial score (nSPS) is 10.6. The van der Waals surface area contributed by atoms with Crippen molar-refractivity contribution in [1.82, 2.24) is 20.3 Å². The summed E-state index contributed by atoms with van der Waals surface area (Å²) in [6.45, 7) is 7.77. The van der Waals surface area contributed by atoms with Crippen molar-refractivity contribution in [2.45, 2.75) is 33.7 Å². The maximum absolute atomic E-state index is 5.71. The Balaban J connectivity index is 2.10. The molecule has 0 amide bonds. The number of hydrogen-bond acceptors (Lipinski definition) is 5. The van der Waals surface area contributed by atoms with Crippen LogP contribution in [-0.4, -0.2) is 21.5 Å². The number of rotatable bonds is 6. The molecule has 0 aliphatic carbocycles. The molecular formula is C15H20N4O. The van der Waals surface area contributed by atoms with E-state index in [2.05, 4.69) is 34.1 Å². The molecule has 0 aromatic carbocycles. The van der Waals surface area contributed by atoms with Gasteiger partial charge in [0.15, 0.2) is 5.75 Å². The Bertz CT molecular complexity index is 554. The molecule has 0 bridgehead atoms. The molecule has 0 fully saturated rings. The van der Waals surface area contributed by atoms with Gasteiger partial charge in [-0.15, -0.1) is 0 Å². The van der Waals surface area contributed by atoms with Crippen LogP contribution in [0.1, 0.15) is 30.8 Å². The number of ether oxygens (including phenoxy) is 1. The van der Waals surface area contributed by atoms with E-state index in [1.54, 1.807) is 12.4 Å². The zero-order chi connectivity index (χ0) is 14.4. The van der Waals surface area contributed by atoms with Crippen LogP contribution in [0.4, 0.5) is 0 Å². The molecule has 0 saturated heterocycles. The van der Waals surface area contributed by atoms with E-state index in [0.717, 1.165) is 42.2 Å². The quantitative estimate of drug-likeness (QED) is 0.876. The number of aryl methyl sites for hydroxylation is 2. The van der Waals surface area contributed by atoms with Gasteiger partial charge in [-0.25, -0.2) is 9.97 Å². The molecule has 2 aromatic rings. The molecule has 5 heteroatoms. The molecule has 2 heterocycles. The average Bonchev–Trinajstić information content (AvgIpc) is 2.48. The van der Waals surface area contributed by atoms with E-state index in [9.17, 15) is 0 Å². The SMILES string of the molecule is CCNCc1cnc(Oc2ccc(C)nc2CC)nc1. The first kappa shape index (κ1) is 14.4. The standard InChI is InChI=1S/C15H20N4O/c1-4-13-14(7-6-11(3)19-13)20-15-17-9-12(10-18-15)8-16-5-2/h6-7,9-10,16H,4-5,8H2,1-3H3. The molecule has 0 unspecified atom stereocenters. The fourth-order valence-corrected chi connectivity index (χ4v) is 1.80. The zero-order valence-corrected chi connectivity index (χ0v) is 12.2. The summed E-state index contributed by atoms with van der Waals surface area (Å²) in [5.41, 5.74) is 2.94. The summed E-state index contributed by atoms with van der Waals surface area (Å²) >= 11 is 0. The van der Waals surface area contributed by atoms with Crippen LogP contribution in [-0.2, 0) is 13.0 Å². The van der Waals surface area contributed by atoms with Crippen LogP contribution in [0.15, 0.2) is 24.5 Å². The van der Waals surface area contributed by atoms with E-state index in [1.807, 2.05) is 19.1 Å². The summed E-state index contributed by atoms with van der Waals surface area (Å²) in [7, 11) is 0. The fraction of sp³-hybridized carbons (Fsp3) is 0.400. The molecule has 5 nitrogen and oxygen atoms in total. The largest absolute Gasteiger partial charge is 0.422 e. The van der Waals surface area contributed by atoms with E-state index < -0.39 is 0 Å². The van der Waals surface area contributed by atoms with Crippen molar-refractivity contribution in [2.75, 3.05) is 6.54 Å². The predicted octanol–water partition coefficient (Wildman–Crippen LogP) is 2.64. The number of nitrogens with one attached hydrogen (secondary N) is 1. The van der Waals surface area contributed by atoms with Gasteiger partial charge in [0.2, 0.25) is 0 Å². The molecule has 0 saturated carbocycles. The van der Waals surface area contributed by atoms with Crippen LogP contribution in [0.25, 0.3) is 0 Å². The molecule has 106 valence electrons. The lowest BCUT2D eigenvalue weighted by atomic mass is 10.2. The summed E-state index contributed by atoms with van der Waals surface area (Å²) in [4.78, 5) is 12.9. The highest BCUT2D eigenvalue weighted by molar-refractivity contribution is 5.31. The van der Waals surface area contributed by atoms with Crippen LogP contribution in [0.2, 0.25) is 0 Å². The highest BCUT2D eigenvalue weighted by Crippen LogP contribution is 2.22. The lowest BCUT2D eigenvalue weighted by Gasteiger charge is -2.09. The number of hydrogen-bond donors (Lipinski definition) is 1. The lowest BCUT2D eigenvalue weighted by Crippen LogP contribution is -2.12. The van der Waals surface area contributed by atoms with Gasteiger partial charge in [0, 0.05) is 30.2 Å². The topological polar surface area (TPSA) is 59.9 Å². The third-order valence-corrected chi connectivity index (χ3v) is 2.87. The minimum atomic E-state index is 0.352. The molecular weight excluding hydrogens is 252 g/mol. The van der Waals surface area contributed by atoms with Gasteiger partial charge in [0.05, 0.1) is 5.69 Å². The second-order valence-electron chi connectivity index (χ2n) is 4.51. The van der Waals surface area contributed by atoms with Gasteiger partial charge in [0.1, 0.15) is 0 Å². The third kappa shape index (κ3) is 3.74. The van der Waals surface area contributed by atoms with Crippen molar-refractivity contribution in [3.05, 3.63) is 41.5 Å². The van der Waals surface area contributed by atoms with Gasteiger partial charge in [-0.2, -0.15) is 0 Å². The Morgan fingerprint density at radius 2 is 1.90 bits per heavy atom. The molecule has 0 spiro atoms. The van der Waals surface area contributed by atoms with Gasteiger partial charge >= 0.3 is 6.01 Å². The van der Waals surface area contributed by atoms with Crippen LogP contribution in [0, 0.1) is 6.92 Å². The van der Waals surface area contributed by atoms with Crippen LogP contribution in [0.5, 0.6) is 11.8 Å². The van der Waals surface area contributed by atoms with Crippen molar-refractivity contribution in [1.29, 1.82) is 0 Å². The van der Waals surface area contributed by atoms with E-state index in [-0.39, 0.29) is 0 Å². The second-order valence-corrected chi connectivity index (χ2v) is 4.51. The Morgan fingerprint density at radius 1 is 1.15 bits per heavy atom. The molecule has 0 aliphatic rings.